The van der Waals surface area contributed by atoms with E-state index in [9.17, 15) is 4.79 Å². The maximum absolute atomic E-state index is 12.3. The molecule has 0 aliphatic heterocycles. The highest BCUT2D eigenvalue weighted by Gasteiger charge is 2.23. The summed E-state index contributed by atoms with van der Waals surface area (Å²) in [4.78, 5) is 12.3. The van der Waals surface area contributed by atoms with Gasteiger partial charge in [0.25, 0.3) is 5.91 Å². The van der Waals surface area contributed by atoms with Gasteiger partial charge in [0, 0.05) is 17.0 Å². The number of hydrogen-bond acceptors (Lipinski definition) is 2. The van der Waals surface area contributed by atoms with Crippen LogP contribution in [-0.2, 0) is 0 Å². The third-order valence-electron chi connectivity index (χ3n) is 4.13. The summed E-state index contributed by atoms with van der Waals surface area (Å²) in [6, 6.07) is 5.97. The number of aromatic nitrogens is 2. The molecule has 1 aliphatic rings. The number of aromatic amines is 1. The number of rotatable bonds is 2. The molecule has 4 heteroatoms. The first kappa shape index (κ1) is 12.2. The molecule has 1 aromatic heterocycles. The zero-order valence-corrected chi connectivity index (χ0v) is 11.1. The fraction of sp³-hybridized carbons (Fsp3) is 0.467. The van der Waals surface area contributed by atoms with Crippen LogP contribution in [0.1, 0.15) is 43.0 Å². The Kier molecular flexibility index (Phi) is 3.23. The van der Waals surface area contributed by atoms with Crippen LogP contribution < -0.4 is 5.32 Å². The van der Waals surface area contributed by atoms with Gasteiger partial charge in [-0.1, -0.05) is 25.8 Å². The molecule has 1 aliphatic carbocycles. The highest BCUT2D eigenvalue weighted by molar-refractivity contribution is 5.97. The standard InChI is InChI=1S/C15H19N3O/c1-10-4-2-3-5-13(10)17-15(19)11-6-7-12-9-16-18-14(12)8-11/h6-10,13H,2-5H2,1H3,(H,16,18)(H,17,19). The van der Waals surface area contributed by atoms with Crippen LogP contribution in [0.15, 0.2) is 24.4 Å². The molecule has 100 valence electrons. The lowest BCUT2D eigenvalue weighted by Gasteiger charge is -2.29. The molecule has 3 rings (SSSR count). The van der Waals surface area contributed by atoms with Gasteiger partial charge in [0.2, 0.25) is 0 Å². The largest absolute Gasteiger partial charge is 0.349 e. The molecule has 1 fully saturated rings. The van der Waals surface area contributed by atoms with Crippen LogP contribution in [0.2, 0.25) is 0 Å². The summed E-state index contributed by atoms with van der Waals surface area (Å²) in [6.45, 7) is 2.22. The normalized spacial score (nSPS) is 23.4. The lowest BCUT2D eigenvalue weighted by Crippen LogP contribution is -2.41. The second-order valence-corrected chi connectivity index (χ2v) is 5.51. The number of nitrogens with one attached hydrogen (secondary N) is 2. The van der Waals surface area contributed by atoms with E-state index in [4.69, 9.17) is 0 Å². The zero-order chi connectivity index (χ0) is 13.2. The number of benzene rings is 1. The number of amides is 1. The van der Waals surface area contributed by atoms with Crippen molar-refractivity contribution in [1.82, 2.24) is 15.5 Å². The quantitative estimate of drug-likeness (QED) is 0.869. The lowest BCUT2D eigenvalue weighted by molar-refractivity contribution is 0.0910. The smallest absolute Gasteiger partial charge is 0.251 e. The summed E-state index contributed by atoms with van der Waals surface area (Å²) in [5.74, 6) is 0.601. The number of hydrogen-bond donors (Lipinski definition) is 2. The molecule has 1 amide bonds. The molecule has 2 unspecified atom stereocenters. The van der Waals surface area contributed by atoms with Crippen molar-refractivity contribution in [1.29, 1.82) is 0 Å². The van der Waals surface area contributed by atoms with Crippen molar-refractivity contribution in [2.24, 2.45) is 5.92 Å². The topological polar surface area (TPSA) is 57.8 Å². The zero-order valence-electron chi connectivity index (χ0n) is 11.1. The van der Waals surface area contributed by atoms with E-state index in [1.807, 2.05) is 18.2 Å². The predicted molar refractivity (Wildman–Crippen MR) is 75.0 cm³/mol. The third-order valence-corrected chi connectivity index (χ3v) is 4.13. The molecule has 1 saturated carbocycles. The molecular weight excluding hydrogens is 238 g/mol. The van der Waals surface area contributed by atoms with Gasteiger partial charge in [-0.3, -0.25) is 9.89 Å². The second-order valence-electron chi connectivity index (χ2n) is 5.51. The average Bonchev–Trinajstić information content (AvgIpc) is 2.88. The summed E-state index contributed by atoms with van der Waals surface area (Å²) < 4.78 is 0. The molecule has 1 aromatic carbocycles. The van der Waals surface area contributed by atoms with Gasteiger partial charge in [-0.2, -0.15) is 5.10 Å². The number of carbonyl (C=O) groups excluding carboxylic acids is 1. The molecule has 2 atom stereocenters. The molecule has 0 spiro atoms. The molecule has 1 heterocycles. The summed E-state index contributed by atoms with van der Waals surface area (Å²) in [5.41, 5.74) is 1.61. The van der Waals surface area contributed by atoms with Gasteiger partial charge in [0.1, 0.15) is 0 Å². The van der Waals surface area contributed by atoms with E-state index >= 15 is 0 Å². The predicted octanol–water partition coefficient (Wildman–Crippen LogP) is 2.87. The maximum atomic E-state index is 12.3. The minimum Gasteiger partial charge on any atom is -0.349 e. The Morgan fingerprint density at radius 1 is 1.37 bits per heavy atom. The van der Waals surface area contributed by atoms with Crippen molar-refractivity contribution < 1.29 is 4.79 Å². The molecule has 2 aromatic rings. The molecule has 0 saturated heterocycles. The van der Waals surface area contributed by atoms with E-state index in [0.29, 0.717) is 17.5 Å². The van der Waals surface area contributed by atoms with Gasteiger partial charge >= 0.3 is 0 Å². The first-order valence-electron chi connectivity index (χ1n) is 6.98. The van der Waals surface area contributed by atoms with E-state index in [2.05, 4.69) is 22.4 Å². The summed E-state index contributed by atoms with van der Waals surface area (Å²) in [6.07, 6.45) is 6.58. The Labute approximate surface area is 112 Å². The van der Waals surface area contributed by atoms with E-state index in [-0.39, 0.29) is 5.91 Å². The lowest BCUT2D eigenvalue weighted by atomic mass is 9.86. The Morgan fingerprint density at radius 2 is 2.21 bits per heavy atom. The fourth-order valence-corrected chi connectivity index (χ4v) is 2.86. The fourth-order valence-electron chi connectivity index (χ4n) is 2.86. The van der Waals surface area contributed by atoms with E-state index in [1.165, 1.54) is 19.3 Å². The summed E-state index contributed by atoms with van der Waals surface area (Å²) in [7, 11) is 0. The summed E-state index contributed by atoms with van der Waals surface area (Å²) in [5, 5.41) is 11.1. The van der Waals surface area contributed by atoms with E-state index in [1.54, 1.807) is 6.20 Å². The SMILES string of the molecule is CC1CCCCC1NC(=O)c1ccc2cn[nH]c2c1. The van der Waals surface area contributed by atoms with Crippen molar-refractivity contribution >= 4 is 16.8 Å². The minimum atomic E-state index is 0.0234. The van der Waals surface area contributed by atoms with Gasteiger partial charge in [-0.25, -0.2) is 0 Å². The molecule has 0 radical (unpaired) electrons. The Morgan fingerprint density at radius 3 is 3.05 bits per heavy atom. The van der Waals surface area contributed by atoms with Crippen LogP contribution in [0.25, 0.3) is 10.9 Å². The van der Waals surface area contributed by atoms with Crippen LogP contribution >= 0.6 is 0 Å². The van der Waals surface area contributed by atoms with Crippen molar-refractivity contribution in [2.75, 3.05) is 0 Å². The second kappa shape index (κ2) is 5.03. The number of carbonyl (C=O) groups is 1. The average molecular weight is 257 g/mol. The van der Waals surface area contributed by atoms with Gasteiger partial charge < -0.3 is 5.32 Å². The van der Waals surface area contributed by atoms with E-state index < -0.39 is 0 Å². The molecule has 0 bridgehead atoms. The van der Waals surface area contributed by atoms with Gasteiger partial charge in [0.05, 0.1) is 11.7 Å². The van der Waals surface area contributed by atoms with Crippen molar-refractivity contribution in [3.8, 4) is 0 Å². The molecule has 4 nitrogen and oxygen atoms in total. The first-order chi connectivity index (χ1) is 9.24. The maximum Gasteiger partial charge on any atom is 0.251 e. The first-order valence-corrected chi connectivity index (χ1v) is 6.98. The van der Waals surface area contributed by atoms with Crippen molar-refractivity contribution in [2.45, 2.75) is 38.6 Å². The van der Waals surface area contributed by atoms with Crippen LogP contribution in [0, 0.1) is 5.92 Å². The Bertz CT molecular complexity index is 590. The molecule has 2 N–H and O–H groups in total. The summed E-state index contributed by atoms with van der Waals surface area (Å²) >= 11 is 0. The highest BCUT2D eigenvalue weighted by Crippen LogP contribution is 2.24. The van der Waals surface area contributed by atoms with Crippen LogP contribution in [0.4, 0.5) is 0 Å². The number of fused-ring (bicyclic) bond motifs is 1. The van der Waals surface area contributed by atoms with Crippen LogP contribution in [0.5, 0.6) is 0 Å². The minimum absolute atomic E-state index is 0.0234. The monoisotopic (exact) mass is 257 g/mol. The van der Waals surface area contributed by atoms with Crippen LogP contribution in [0.3, 0.4) is 0 Å². The van der Waals surface area contributed by atoms with Gasteiger partial charge in [-0.05, 0) is 30.9 Å². The van der Waals surface area contributed by atoms with Crippen LogP contribution in [-0.4, -0.2) is 22.1 Å². The third kappa shape index (κ3) is 2.48. The number of nitrogens with zero attached hydrogens (tertiary/aromatic N) is 1. The molecule has 19 heavy (non-hydrogen) atoms. The Hall–Kier alpha value is -1.84. The van der Waals surface area contributed by atoms with Gasteiger partial charge in [-0.15, -0.1) is 0 Å². The number of H-pyrrole nitrogens is 1. The van der Waals surface area contributed by atoms with Crippen molar-refractivity contribution in [3.63, 3.8) is 0 Å². The van der Waals surface area contributed by atoms with Crippen molar-refractivity contribution in [3.05, 3.63) is 30.0 Å². The van der Waals surface area contributed by atoms with E-state index in [0.717, 1.165) is 17.3 Å². The molecular formula is C15H19N3O. The Balaban J connectivity index is 1.75. The highest BCUT2D eigenvalue weighted by atomic mass is 16.1. The van der Waals surface area contributed by atoms with Gasteiger partial charge in [0.15, 0.2) is 0 Å².